The third-order valence-electron chi connectivity index (χ3n) is 4.54. The van der Waals surface area contributed by atoms with Gasteiger partial charge >= 0.3 is 0 Å². The maximum atomic E-state index is 12.9. The highest BCUT2D eigenvalue weighted by atomic mass is 16.5. The van der Waals surface area contributed by atoms with Crippen LogP contribution in [0.25, 0.3) is 6.08 Å². The minimum atomic E-state index is -0.114. The number of carbonyl (C=O) groups is 1. The van der Waals surface area contributed by atoms with E-state index in [2.05, 4.69) is 12.0 Å². The summed E-state index contributed by atoms with van der Waals surface area (Å²) >= 11 is 0. The number of nitrogens with zero attached hydrogens (tertiary/aromatic N) is 2. The second-order valence-electron chi connectivity index (χ2n) is 6.64. The summed E-state index contributed by atoms with van der Waals surface area (Å²) in [5, 5.41) is 5.89. The average Bonchev–Trinajstić information content (AvgIpc) is 2.98. The fourth-order valence-electron chi connectivity index (χ4n) is 3.03. The summed E-state index contributed by atoms with van der Waals surface area (Å²) in [6, 6.07) is 17.3. The molecular formula is C23H26N2O2. The Morgan fingerprint density at radius 2 is 1.74 bits per heavy atom. The number of carbonyl (C=O) groups excluding carboxylic acids is 1. The normalized spacial score (nSPS) is 15.3. The highest BCUT2D eigenvalue weighted by Gasteiger charge is 2.28. The van der Waals surface area contributed by atoms with Crippen LogP contribution in [0.4, 0.5) is 5.69 Å². The van der Waals surface area contributed by atoms with Gasteiger partial charge < -0.3 is 4.74 Å². The van der Waals surface area contributed by atoms with Gasteiger partial charge in [0.2, 0.25) is 0 Å². The molecule has 4 heteroatoms. The van der Waals surface area contributed by atoms with Crippen LogP contribution in [-0.4, -0.2) is 18.2 Å². The zero-order valence-electron chi connectivity index (χ0n) is 16.0. The number of hydrazone groups is 1. The second kappa shape index (κ2) is 9.17. The molecule has 0 spiro atoms. The molecule has 0 aliphatic carbocycles. The summed E-state index contributed by atoms with van der Waals surface area (Å²) in [6.07, 6.45) is 6.54. The number of ether oxygens (including phenoxy) is 1. The van der Waals surface area contributed by atoms with Crippen LogP contribution in [-0.2, 0) is 4.79 Å². The maximum absolute atomic E-state index is 12.9. The molecule has 0 atom stereocenters. The summed E-state index contributed by atoms with van der Waals surface area (Å²) in [7, 11) is 0. The minimum absolute atomic E-state index is 0.114. The molecule has 0 fully saturated rings. The first kappa shape index (κ1) is 18.9. The topological polar surface area (TPSA) is 41.9 Å². The van der Waals surface area contributed by atoms with Gasteiger partial charge in [0.05, 0.1) is 23.6 Å². The third kappa shape index (κ3) is 4.64. The zero-order chi connectivity index (χ0) is 19.1. The highest BCUT2D eigenvalue weighted by molar-refractivity contribution is 6.32. The van der Waals surface area contributed by atoms with Crippen LogP contribution in [0.5, 0.6) is 5.75 Å². The quantitative estimate of drug-likeness (QED) is 0.463. The molecule has 2 aromatic rings. The molecule has 0 bridgehead atoms. The minimum Gasteiger partial charge on any atom is -0.493 e. The number of rotatable bonds is 8. The van der Waals surface area contributed by atoms with E-state index >= 15 is 0 Å². The molecule has 1 amide bonds. The number of unbranched alkanes of at least 4 members (excludes halogenated alkanes) is 3. The predicted octanol–water partition coefficient (Wildman–Crippen LogP) is 5.45. The molecule has 1 heterocycles. The Morgan fingerprint density at radius 3 is 2.52 bits per heavy atom. The Bertz CT molecular complexity index is 840. The lowest BCUT2D eigenvalue weighted by Gasteiger charge is -2.12. The SMILES string of the molecule is CCCCCCOc1ccccc1C=C1C(=O)N(c2ccccc2)N=C1C. The highest BCUT2D eigenvalue weighted by Crippen LogP contribution is 2.27. The van der Waals surface area contributed by atoms with E-state index in [1.807, 2.05) is 67.6 Å². The van der Waals surface area contributed by atoms with Crippen molar-refractivity contribution in [3.05, 3.63) is 65.7 Å². The molecule has 1 aliphatic heterocycles. The van der Waals surface area contributed by atoms with E-state index in [-0.39, 0.29) is 5.91 Å². The van der Waals surface area contributed by atoms with Crippen LogP contribution in [0, 0.1) is 0 Å². The molecule has 0 radical (unpaired) electrons. The Morgan fingerprint density at radius 1 is 1.00 bits per heavy atom. The summed E-state index contributed by atoms with van der Waals surface area (Å²) in [5.41, 5.74) is 2.98. The molecule has 0 aromatic heterocycles. The number of benzene rings is 2. The third-order valence-corrected chi connectivity index (χ3v) is 4.54. The Hall–Kier alpha value is -2.88. The summed E-state index contributed by atoms with van der Waals surface area (Å²) in [6.45, 7) is 4.75. The first-order chi connectivity index (χ1) is 13.2. The first-order valence-electron chi connectivity index (χ1n) is 9.59. The van der Waals surface area contributed by atoms with Gasteiger partial charge in [-0.15, -0.1) is 0 Å². The summed E-state index contributed by atoms with van der Waals surface area (Å²) in [4.78, 5) is 12.9. The molecule has 4 nitrogen and oxygen atoms in total. The van der Waals surface area contributed by atoms with Crippen LogP contribution in [0.15, 0.2) is 65.3 Å². The first-order valence-corrected chi connectivity index (χ1v) is 9.59. The predicted molar refractivity (Wildman–Crippen MR) is 111 cm³/mol. The molecule has 0 unspecified atom stereocenters. The second-order valence-corrected chi connectivity index (χ2v) is 6.64. The number of para-hydroxylation sites is 2. The lowest BCUT2D eigenvalue weighted by Crippen LogP contribution is -2.21. The van der Waals surface area contributed by atoms with Crippen molar-refractivity contribution in [2.24, 2.45) is 5.10 Å². The van der Waals surface area contributed by atoms with E-state index < -0.39 is 0 Å². The van der Waals surface area contributed by atoms with Crippen LogP contribution < -0.4 is 9.75 Å². The number of hydrogen-bond donors (Lipinski definition) is 0. The van der Waals surface area contributed by atoms with Crippen molar-refractivity contribution in [1.82, 2.24) is 0 Å². The molecule has 0 saturated heterocycles. The van der Waals surface area contributed by atoms with Crippen LogP contribution in [0.3, 0.4) is 0 Å². The lowest BCUT2D eigenvalue weighted by molar-refractivity contribution is -0.114. The van der Waals surface area contributed by atoms with Gasteiger partial charge in [-0.1, -0.05) is 62.6 Å². The molecule has 2 aromatic carbocycles. The molecule has 0 N–H and O–H groups in total. The van der Waals surface area contributed by atoms with Crippen LogP contribution in [0.2, 0.25) is 0 Å². The van der Waals surface area contributed by atoms with Gasteiger partial charge in [-0.2, -0.15) is 10.1 Å². The standard InChI is InChI=1S/C23H26N2O2/c1-3-4-5-11-16-27-22-15-10-9-12-19(22)17-21-18(2)24-25(23(21)26)20-13-7-6-8-14-20/h6-10,12-15,17H,3-5,11,16H2,1-2H3. The van der Waals surface area contributed by atoms with Crippen molar-refractivity contribution in [3.63, 3.8) is 0 Å². The van der Waals surface area contributed by atoms with Gasteiger partial charge in [-0.3, -0.25) is 4.79 Å². The Labute approximate surface area is 161 Å². The van der Waals surface area contributed by atoms with Gasteiger partial charge in [0, 0.05) is 5.56 Å². The molecule has 27 heavy (non-hydrogen) atoms. The Kier molecular flexibility index (Phi) is 6.42. The molecule has 3 rings (SSSR count). The van der Waals surface area contributed by atoms with Crippen molar-refractivity contribution in [1.29, 1.82) is 0 Å². The van der Waals surface area contributed by atoms with Crippen molar-refractivity contribution in [2.75, 3.05) is 11.6 Å². The average molecular weight is 362 g/mol. The van der Waals surface area contributed by atoms with Crippen molar-refractivity contribution in [2.45, 2.75) is 39.5 Å². The van der Waals surface area contributed by atoms with Gasteiger partial charge in [-0.25, -0.2) is 0 Å². The summed E-state index contributed by atoms with van der Waals surface area (Å²) in [5.74, 6) is 0.691. The van der Waals surface area contributed by atoms with E-state index in [0.29, 0.717) is 17.9 Å². The number of hydrogen-bond acceptors (Lipinski definition) is 3. The van der Waals surface area contributed by atoms with Crippen LogP contribution >= 0.6 is 0 Å². The van der Waals surface area contributed by atoms with Gasteiger partial charge in [0.25, 0.3) is 5.91 Å². The van der Waals surface area contributed by atoms with E-state index in [1.54, 1.807) is 0 Å². The molecule has 0 saturated carbocycles. The smallest absolute Gasteiger partial charge is 0.280 e. The zero-order valence-corrected chi connectivity index (χ0v) is 16.0. The van der Waals surface area contributed by atoms with Crippen molar-refractivity contribution in [3.8, 4) is 5.75 Å². The molecule has 1 aliphatic rings. The van der Waals surface area contributed by atoms with E-state index in [9.17, 15) is 4.79 Å². The molecular weight excluding hydrogens is 336 g/mol. The van der Waals surface area contributed by atoms with Crippen molar-refractivity contribution >= 4 is 23.4 Å². The van der Waals surface area contributed by atoms with Crippen molar-refractivity contribution < 1.29 is 9.53 Å². The fourth-order valence-corrected chi connectivity index (χ4v) is 3.03. The fraction of sp³-hybridized carbons (Fsp3) is 0.304. The largest absolute Gasteiger partial charge is 0.493 e. The van der Waals surface area contributed by atoms with Crippen LogP contribution in [0.1, 0.15) is 45.1 Å². The summed E-state index contributed by atoms with van der Waals surface area (Å²) < 4.78 is 5.97. The monoisotopic (exact) mass is 362 g/mol. The molecule has 140 valence electrons. The lowest BCUT2D eigenvalue weighted by atomic mass is 10.1. The van der Waals surface area contributed by atoms with E-state index in [4.69, 9.17) is 4.74 Å². The maximum Gasteiger partial charge on any atom is 0.280 e. The van der Waals surface area contributed by atoms with Gasteiger partial charge in [0.15, 0.2) is 0 Å². The number of amides is 1. The van der Waals surface area contributed by atoms with Gasteiger partial charge in [0.1, 0.15) is 5.75 Å². The van der Waals surface area contributed by atoms with Gasteiger partial charge in [-0.05, 0) is 37.6 Å². The Balaban J connectivity index is 1.77. The van der Waals surface area contributed by atoms with E-state index in [0.717, 1.165) is 23.4 Å². The number of anilines is 1. The van der Waals surface area contributed by atoms with E-state index in [1.165, 1.54) is 24.3 Å².